The Kier molecular flexibility index (Phi) is 5.11. The first-order chi connectivity index (χ1) is 10.3. The molecule has 4 unspecified atom stereocenters. The lowest BCUT2D eigenvalue weighted by atomic mass is 10.0. The first-order valence-corrected chi connectivity index (χ1v) is 8.22. The summed E-state index contributed by atoms with van der Waals surface area (Å²) < 4.78 is 11.3. The molecule has 3 saturated heterocycles. The molecule has 0 radical (unpaired) electrons. The molecule has 0 saturated carbocycles. The number of nitrogens with one attached hydrogen (secondary N) is 2. The van der Waals surface area contributed by atoms with Crippen LogP contribution in [-0.2, 0) is 14.3 Å². The summed E-state index contributed by atoms with van der Waals surface area (Å²) >= 11 is 0. The van der Waals surface area contributed by atoms with Crippen molar-refractivity contribution in [2.24, 2.45) is 5.92 Å². The summed E-state index contributed by atoms with van der Waals surface area (Å²) in [5.41, 5.74) is 0. The van der Waals surface area contributed by atoms with Gasteiger partial charge in [0.15, 0.2) is 0 Å². The maximum absolute atomic E-state index is 12.3. The van der Waals surface area contributed by atoms with Gasteiger partial charge in [-0.25, -0.2) is 0 Å². The van der Waals surface area contributed by atoms with E-state index in [4.69, 9.17) is 9.47 Å². The lowest BCUT2D eigenvalue weighted by Crippen LogP contribution is -2.51. The second-order valence-corrected chi connectivity index (χ2v) is 6.30. The third-order valence-electron chi connectivity index (χ3n) is 4.85. The molecule has 0 aromatic carbocycles. The van der Waals surface area contributed by atoms with Gasteiger partial charge in [-0.2, -0.15) is 0 Å². The molecule has 0 bridgehead atoms. The number of rotatable bonds is 5. The fourth-order valence-electron chi connectivity index (χ4n) is 3.63. The smallest absolute Gasteiger partial charge is 0.227 e. The Bertz CT molecular complexity index is 366. The predicted octanol–water partition coefficient (Wildman–Crippen LogP) is -0.410. The number of amides is 1. The largest absolute Gasteiger partial charge is 0.379 e. The van der Waals surface area contributed by atoms with Crippen LogP contribution < -0.4 is 10.6 Å². The summed E-state index contributed by atoms with van der Waals surface area (Å²) in [7, 11) is 0. The van der Waals surface area contributed by atoms with Crippen LogP contribution in [0.15, 0.2) is 0 Å². The zero-order valence-corrected chi connectivity index (χ0v) is 12.8. The number of carbonyl (C=O) groups is 1. The molecule has 4 atom stereocenters. The van der Waals surface area contributed by atoms with E-state index in [-0.39, 0.29) is 24.0 Å². The number of nitrogens with zero attached hydrogens (tertiary/aromatic N) is 1. The van der Waals surface area contributed by atoms with Crippen LogP contribution in [0.3, 0.4) is 0 Å². The van der Waals surface area contributed by atoms with Crippen LogP contribution in [0.1, 0.15) is 19.8 Å². The number of carbonyl (C=O) groups excluding carboxylic acids is 1. The maximum atomic E-state index is 12.3. The van der Waals surface area contributed by atoms with Gasteiger partial charge in [0.2, 0.25) is 5.91 Å². The summed E-state index contributed by atoms with van der Waals surface area (Å²) in [5, 5.41) is 6.37. The van der Waals surface area contributed by atoms with Gasteiger partial charge in [-0.05, 0) is 25.9 Å². The summed E-state index contributed by atoms with van der Waals surface area (Å²) in [6.07, 6.45) is 2.66. The lowest BCUT2D eigenvalue weighted by molar-refractivity contribution is -0.126. The van der Waals surface area contributed by atoms with Crippen molar-refractivity contribution in [3.63, 3.8) is 0 Å². The highest BCUT2D eigenvalue weighted by Gasteiger charge is 2.35. The number of likely N-dealkylation sites (N-methyl/N-ethyl adjacent to an activating group) is 1. The highest BCUT2D eigenvalue weighted by molar-refractivity contribution is 5.79. The van der Waals surface area contributed by atoms with Gasteiger partial charge < -0.3 is 20.1 Å². The number of ether oxygens (including phenoxy) is 2. The van der Waals surface area contributed by atoms with Gasteiger partial charge >= 0.3 is 0 Å². The Labute approximate surface area is 126 Å². The van der Waals surface area contributed by atoms with Crippen LogP contribution in [0.5, 0.6) is 0 Å². The average molecular weight is 297 g/mol. The molecule has 1 amide bonds. The number of fused-ring (bicyclic) bond motifs is 1. The third kappa shape index (κ3) is 3.56. The summed E-state index contributed by atoms with van der Waals surface area (Å²) in [4.78, 5) is 14.8. The fourth-order valence-corrected chi connectivity index (χ4v) is 3.63. The van der Waals surface area contributed by atoms with Crippen LogP contribution in [0.25, 0.3) is 0 Å². The summed E-state index contributed by atoms with van der Waals surface area (Å²) in [6, 6.07) is 0.753. The van der Waals surface area contributed by atoms with Crippen molar-refractivity contribution in [2.75, 3.05) is 46.0 Å². The van der Waals surface area contributed by atoms with Gasteiger partial charge in [0.05, 0.1) is 31.8 Å². The van der Waals surface area contributed by atoms with Crippen molar-refractivity contribution in [1.29, 1.82) is 0 Å². The fraction of sp³-hybridized carbons (Fsp3) is 0.933. The van der Waals surface area contributed by atoms with Crippen LogP contribution in [0.2, 0.25) is 0 Å². The van der Waals surface area contributed by atoms with E-state index in [1.807, 2.05) is 0 Å². The quantitative estimate of drug-likeness (QED) is 0.722. The van der Waals surface area contributed by atoms with Gasteiger partial charge in [0.25, 0.3) is 0 Å². The molecule has 2 N–H and O–H groups in total. The van der Waals surface area contributed by atoms with Crippen molar-refractivity contribution in [1.82, 2.24) is 15.5 Å². The van der Waals surface area contributed by atoms with Crippen molar-refractivity contribution in [2.45, 2.75) is 38.0 Å². The van der Waals surface area contributed by atoms with E-state index in [2.05, 4.69) is 22.5 Å². The molecular formula is C15H27N3O3. The minimum absolute atomic E-state index is 0.0759. The molecule has 3 rings (SSSR count). The Morgan fingerprint density at radius 2 is 2.24 bits per heavy atom. The maximum Gasteiger partial charge on any atom is 0.227 e. The van der Waals surface area contributed by atoms with Crippen LogP contribution in [-0.4, -0.2) is 75.0 Å². The van der Waals surface area contributed by atoms with E-state index in [0.29, 0.717) is 25.8 Å². The lowest BCUT2D eigenvalue weighted by Gasteiger charge is -2.35. The molecule has 3 fully saturated rings. The molecule has 3 aliphatic heterocycles. The van der Waals surface area contributed by atoms with E-state index in [9.17, 15) is 4.79 Å². The molecule has 0 aromatic rings. The van der Waals surface area contributed by atoms with Crippen LogP contribution >= 0.6 is 0 Å². The minimum Gasteiger partial charge on any atom is -0.379 e. The first kappa shape index (κ1) is 15.2. The predicted molar refractivity (Wildman–Crippen MR) is 79.1 cm³/mol. The van der Waals surface area contributed by atoms with E-state index >= 15 is 0 Å². The number of hydrogen-bond acceptors (Lipinski definition) is 5. The second-order valence-electron chi connectivity index (χ2n) is 6.30. The number of hydrogen-bond donors (Lipinski definition) is 2. The molecule has 120 valence electrons. The molecule has 3 aliphatic rings. The summed E-state index contributed by atoms with van der Waals surface area (Å²) in [5.74, 6) is 0.0127. The summed E-state index contributed by atoms with van der Waals surface area (Å²) in [6.45, 7) is 7.60. The van der Waals surface area contributed by atoms with E-state index in [1.54, 1.807) is 0 Å². The van der Waals surface area contributed by atoms with E-state index < -0.39 is 0 Å². The molecule has 0 aliphatic carbocycles. The zero-order chi connectivity index (χ0) is 14.7. The highest BCUT2D eigenvalue weighted by atomic mass is 16.5. The molecule has 0 aromatic heterocycles. The van der Waals surface area contributed by atoms with Crippen molar-refractivity contribution < 1.29 is 14.3 Å². The minimum atomic E-state index is -0.0759. The average Bonchev–Trinajstić information content (AvgIpc) is 3.13. The standard InChI is InChI=1S/C15H27N3O3/c1-2-16-14-10-20-9-13(14)15(19)17-6-12-7-18-5-3-4-11(18)8-21-12/h11-14,16H,2-10H2,1H3,(H,17,19). The van der Waals surface area contributed by atoms with Crippen molar-refractivity contribution in [3.8, 4) is 0 Å². The molecule has 3 heterocycles. The second kappa shape index (κ2) is 7.05. The van der Waals surface area contributed by atoms with E-state index in [0.717, 1.165) is 19.7 Å². The Hall–Kier alpha value is -0.690. The highest BCUT2D eigenvalue weighted by Crippen LogP contribution is 2.22. The van der Waals surface area contributed by atoms with Gasteiger partial charge in [0, 0.05) is 25.2 Å². The van der Waals surface area contributed by atoms with E-state index in [1.165, 1.54) is 19.4 Å². The Balaban J connectivity index is 1.43. The molecule has 21 heavy (non-hydrogen) atoms. The normalized spacial score (nSPS) is 36.6. The Morgan fingerprint density at radius 3 is 3.10 bits per heavy atom. The zero-order valence-electron chi connectivity index (χ0n) is 12.8. The van der Waals surface area contributed by atoms with Gasteiger partial charge in [-0.1, -0.05) is 6.92 Å². The van der Waals surface area contributed by atoms with Gasteiger partial charge in [-0.3, -0.25) is 9.69 Å². The van der Waals surface area contributed by atoms with Crippen LogP contribution in [0.4, 0.5) is 0 Å². The van der Waals surface area contributed by atoms with Crippen LogP contribution in [0, 0.1) is 5.92 Å². The van der Waals surface area contributed by atoms with Crippen molar-refractivity contribution >= 4 is 5.91 Å². The topological polar surface area (TPSA) is 62.8 Å². The molecular weight excluding hydrogens is 270 g/mol. The molecule has 0 spiro atoms. The Morgan fingerprint density at radius 1 is 1.33 bits per heavy atom. The molecule has 6 nitrogen and oxygen atoms in total. The van der Waals surface area contributed by atoms with Crippen molar-refractivity contribution in [3.05, 3.63) is 0 Å². The first-order valence-electron chi connectivity index (χ1n) is 8.22. The van der Waals surface area contributed by atoms with Gasteiger partial charge in [-0.15, -0.1) is 0 Å². The monoisotopic (exact) mass is 297 g/mol. The SMILES string of the molecule is CCNC1COCC1C(=O)NCC1CN2CCCC2CO1. The third-order valence-corrected chi connectivity index (χ3v) is 4.85. The number of morpholine rings is 1. The van der Waals surface area contributed by atoms with Gasteiger partial charge in [0.1, 0.15) is 0 Å². The molecule has 6 heteroatoms.